The normalized spacial score (nSPS) is 11.4. The van der Waals surface area contributed by atoms with E-state index in [9.17, 15) is 34.5 Å². The van der Waals surface area contributed by atoms with Gasteiger partial charge in [0.15, 0.2) is 5.69 Å². The molecule has 6 N–H and O–H groups in total. The molecular weight excluding hydrogens is 542 g/mol. The van der Waals surface area contributed by atoms with Crippen LogP contribution in [0.25, 0.3) is 11.0 Å². The van der Waals surface area contributed by atoms with Crippen LogP contribution in [-0.4, -0.2) is 61.6 Å². The van der Waals surface area contributed by atoms with Gasteiger partial charge >= 0.3 is 5.97 Å². The molecule has 204 valence electrons. The van der Waals surface area contributed by atoms with Crippen molar-refractivity contribution in [3.63, 3.8) is 0 Å². The van der Waals surface area contributed by atoms with Crippen molar-refractivity contribution in [3.05, 3.63) is 94.1 Å². The minimum Gasteiger partial charge on any atom is -0.508 e. The van der Waals surface area contributed by atoms with Gasteiger partial charge in [-0.15, -0.1) is 0 Å². The Hall–Kier alpha value is -5.23. The predicted octanol–water partition coefficient (Wildman–Crippen LogP) is 2.24. The second-order valence-corrected chi connectivity index (χ2v) is 8.91. The third kappa shape index (κ3) is 6.60. The van der Waals surface area contributed by atoms with Crippen LogP contribution in [0.2, 0.25) is 5.02 Å². The van der Waals surface area contributed by atoms with Crippen molar-refractivity contribution in [3.8, 4) is 11.6 Å². The number of carboxylic acid groups (broad SMARTS) is 1. The van der Waals surface area contributed by atoms with E-state index in [0.29, 0.717) is 16.6 Å². The van der Waals surface area contributed by atoms with Crippen LogP contribution in [0.1, 0.15) is 36.8 Å². The van der Waals surface area contributed by atoms with E-state index in [1.807, 2.05) is 0 Å². The predicted molar refractivity (Wildman–Crippen MR) is 143 cm³/mol. The molecule has 1 atom stereocenters. The summed E-state index contributed by atoms with van der Waals surface area (Å²) in [4.78, 5) is 57.5. The van der Waals surface area contributed by atoms with Gasteiger partial charge in [0.05, 0.1) is 21.6 Å². The summed E-state index contributed by atoms with van der Waals surface area (Å²) in [5.74, 6) is -4.25. The number of benzene rings is 3. The molecule has 13 heteroatoms. The minimum absolute atomic E-state index is 0.0601. The van der Waals surface area contributed by atoms with Crippen molar-refractivity contribution in [2.24, 2.45) is 0 Å². The second kappa shape index (κ2) is 12.1. The summed E-state index contributed by atoms with van der Waals surface area (Å²) in [6.45, 7) is -0.400. The lowest BCUT2D eigenvalue weighted by Gasteiger charge is -2.16. The van der Waals surface area contributed by atoms with Crippen LogP contribution in [0.15, 0.2) is 66.7 Å². The quantitative estimate of drug-likeness (QED) is 0.177. The first-order valence-electron chi connectivity index (χ1n) is 11.8. The Labute approximate surface area is 231 Å². The largest absolute Gasteiger partial charge is 0.508 e. The zero-order valence-electron chi connectivity index (χ0n) is 20.6. The molecule has 0 aliphatic rings. The highest BCUT2D eigenvalue weighted by Crippen LogP contribution is 2.19. The molecule has 0 saturated carbocycles. The van der Waals surface area contributed by atoms with Crippen LogP contribution in [0, 0.1) is 0 Å². The Morgan fingerprint density at radius 3 is 2.23 bits per heavy atom. The summed E-state index contributed by atoms with van der Waals surface area (Å²) in [7, 11) is 0. The van der Waals surface area contributed by atoms with Crippen molar-refractivity contribution in [2.45, 2.75) is 12.6 Å². The number of carboxylic acids is 1. The molecule has 3 amide bonds. The molecule has 4 rings (SSSR count). The van der Waals surface area contributed by atoms with Crippen molar-refractivity contribution in [1.29, 1.82) is 0 Å². The van der Waals surface area contributed by atoms with Crippen molar-refractivity contribution in [2.75, 3.05) is 6.54 Å². The fourth-order valence-electron chi connectivity index (χ4n) is 3.65. The molecule has 1 heterocycles. The molecule has 0 radical (unpaired) electrons. The number of aromatic hydroxyl groups is 2. The van der Waals surface area contributed by atoms with E-state index in [1.165, 1.54) is 30.3 Å². The van der Waals surface area contributed by atoms with Gasteiger partial charge in [-0.1, -0.05) is 35.9 Å². The average molecular weight is 564 g/mol. The first-order chi connectivity index (χ1) is 19.1. The maximum atomic E-state index is 12.8. The maximum Gasteiger partial charge on any atom is 0.328 e. The van der Waals surface area contributed by atoms with Gasteiger partial charge in [0.2, 0.25) is 5.88 Å². The molecule has 3 aromatic carbocycles. The fraction of sp³-hybridized carbons (Fsp3) is 0.111. The van der Waals surface area contributed by atoms with Crippen LogP contribution in [-0.2, 0) is 11.3 Å². The topological polar surface area (TPSA) is 191 Å². The number of phenols is 1. The van der Waals surface area contributed by atoms with Crippen molar-refractivity contribution >= 4 is 46.3 Å². The Bertz CT molecular complexity index is 1630. The van der Waals surface area contributed by atoms with E-state index in [4.69, 9.17) is 11.6 Å². The number of carbonyl (C=O) groups excluding carboxylic acids is 3. The van der Waals surface area contributed by atoms with E-state index in [-0.39, 0.29) is 28.4 Å². The number of nitrogens with one attached hydrogen (secondary N) is 3. The van der Waals surface area contributed by atoms with Gasteiger partial charge < -0.3 is 31.3 Å². The molecule has 0 aliphatic heterocycles. The number of aromatic nitrogens is 2. The van der Waals surface area contributed by atoms with Crippen LogP contribution >= 0.6 is 11.6 Å². The Kier molecular flexibility index (Phi) is 8.40. The molecule has 0 fully saturated rings. The fourth-order valence-corrected chi connectivity index (χ4v) is 3.92. The number of hydrogen-bond donors (Lipinski definition) is 6. The lowest BCUT2D eigenvalue weighted by atomic mass is 10.1. The van der Waals surface area contributed by atoms with Gasteiger partial charge in [-0.25, -0.2) is 14.8 Å². The lowest BCUT2D eigenvalue weighted by molar-refractivity contribution is -0.139. The summed E-state index contributed by atoms with van der Waals surface area (Å²) < 4.78 is 0. The highest BCUT2D eigenvalue weighted by Gasteiger charge is 2.25. The summed E-state index contributed by atoms with van der Waals surface area (Å²) in [5, 5.41) is 36.3. The number of amides is 3. The molecular formula is C27H22ClN5O7. The molecule has 12 nitrogen and oxygen atoms in total. The average Bonchev–Trinajstić information content (AvgIpc) is 2.93. The summed E-state index contributed by atoms with van der Waals surface area (Å²) >= 11 is 6.21. The van der Waals surface area contributed by atoms with E-state index in [1.54, 1.807) is 36.4 Å². The Balaban J connectivity index is 1.38. The highest BCUT2D eigenvalue weighted by atomic mass is 35.5. The number of para-hydroxylation sites is 2. The van der Waals surface area contributed by atoms with Gasteiger partial charge in [0.1, 0.15) is 11.8 Å². The van der Waals surface area contributed by atoms with Crippen LogP contribution < -0.4 is 16.0 Å². The molecule has 0 saturated heterocycles. The SMILES string of the molecule is O=C(NCc1cccc(O)c1)c1ccc(C(=O)N[C@@H](CNC(=O)c2nc3ccccc3nc2O)C(=O)O)c(Cl)c1. The van der Waals surface area contributed by atoms with E-state index < -0.39 is 47.9 Å². The van der Waals surface area contributed by atoms with E-state index >= 15 is 0 Å². The number of aliphatic carboxylic acids is 1. The second-order valence-electron chi connectivity index (χ2n) is 8.51. The lowest BCUT2D eigenvalue weighted by Crippen LogP contribution is -2.48. The number of rotatable bonds is 9. The van der Waals surface area contributed by atoms with Crippen LogP contribution in [0.3, 0.4) is 0 Å². The zero-order chi connectivity index (χ0) is 28.8. The summed E-state index contributed by atoms with van der Waals surface area (Å²) in [6.07, 6.45) is 0. The third-order valence-electron chi connectivity index (χ3n) is 5.68. The third-order valence-corrected chi connectivity index (χ3v) is 5.99. The molecule has 0 aliphatic carbocycles. The zero-order valence-corrected chi connectivity index (χ0v) is 21.3. The Morgan fingerprint density at radius 2 is 1.55 bits per heavy atom. The van der Waals surface area contributed by atoms with E-state index in [0.717, 1.165) is 0 Å². The highest BCUT2D eigenvalue weighted by molar-refractivity contribution is 6.34. The van der Waals surface area contributed by atoms with Crippen molar-refractivity contribution in [1.82, 2.24) is 25.9 Å². The molecule has 4 aromatic rings. The van der Waals surface area contributed by atoms with Gasteiger partial charge in [0.25, 0.3) is 17.7 Å². The smallest absolute Gasteiger partial charge is 0.328 e. The number of phenolic OH excluding ortho intramolecular Hbond substituents is 1. The van der Waals surface area contributed by atoms with Crippen LogP contribution in [0.4, 0.5) is 0 Å². The first kappa shape index (κ1) is 27.8. The number of carbonyl (C=O) groups is 4. The number of halogens is 1. The number of hydrogen-bond acceptors (Lipinski definition) is 8. The Morgan fingerprint density at radius 1 is 0.825 bits per heavy atom. The van der Waals surface area contributed by atoms with Gasteiger partial charge in [0, 0.05) is 18.7 Å². The first-order valence-corrected chi connectivity index (χ1v) is 12.1. The molecule has 40 heavy (non-hydrogen) atoms. The van der Waals surface area contributed by atoms with Gasteiger partial charge in [-0.05, 0) is 48.0 Å². The summed E-state index contributed by atoms with van der Waals surface area (Å²) in [5.41, 5.74) is 1.03. The summed E-state index contributed by atoms with van der Waals surface area (Å²) in [6, 6.07) is 15.2. The molecule has 0 bridgehead atoms. The van der Waals surface area contributed by atoms with Gasteiger partial charge in [-0.3, -0.25) is 14.4 Å². The monoisotopic (exact) mass is 563 g/mol. The minimum atomic E-state index is -1.56. The number of nitrogens with zero attached hydrogens (tertiary/aromatic N) is 2. The number of fused-ring (bicyclic) bond motifs is 1. The van der Waals surface area contributed by atoms with Gasteiger partial charge in [-0.2, -0.15) is 0 Å². The van der Waals surface area contributed by atoms with Crippen molar-refractivity contribution < 1.29 is 34.5 Å². The van der Waals surface area contributed by atoms with E-state index in [2.05, 4.69) is 25.9 Å². The molecule has 0 spiro atoms. The molecule has 1 aromatic heterocycles. The maximum absolute atomic E-state index is 12.8. The van der Waals surface area contributed by atoms with Crippen LogP contribution in [0.5, 0.6) is 11.6 Å². The molecule has 0 unspecified atom stereocenters. The standard InChI is InChI=1S/C27H22ClN5O7/c28-18-11-15(23(35)29-12-14-4-3-5-16(34)10-14)8-9-17(18)24(36)33-21(27(39)40)13-30-25(37)22-26(38)32-20-7-2-1-6-19(20)31-22/h1-11,21,34H,12-13H2,(H,29,35)(H,30,37)(H,32,38)(H,33,36)(H,39,40)/t21-/m0/s1.